The molecule has 18 heavy (non-hydrogen) atoms. The van der Waals surface area contributed by atoms with Gasteiger partial charge in [0.05, 0.1) is 17.8 Å². The van der Waals surface area contributed by atoms with Crippen LogP contribution in [0.15, 0.2) is 41.2 Å². The second-order valence-corrected chi connectivity index (χ2v) is 4.20. The van der Waals surface area contributed by atoms with Gasteiger partial charge in [-0.15, -0.1) is 0 Å². The summed E-state index contributed by atoms with van der Waals surface area (Å²) >= 11 is 0. The predicted molar refractivity (Wildman–Crippen MR) is 68.4 cm³/mol. The molecule has 0 unspecified atom stereocenters. The van der Waals surface area contributed by atoms with Gasteiger partial charge in [-0.3, -0.25) is 9.89 Å². The van der Waals surface area contributed by atoms with Crippen LogP contribution in [0.4, 0.5) is 0 Å². The lowest BCUT2D eigenvalue weighted by Gasteiger charge is -2.04. The number of rotatable bonds is 2. The Balaban J connectivity index is 2.09. The first-order valence-electron chi connectivity index (χ1n) is 5.71. The van der Waals surface area contributed by atoms with Gasteiger partial charge in [-0.05, 0) is 12.5 Å². The van der Waals surface area contributed by atoms with Gasteiger partial charge in [-0.2, -0.15) is 10.2 Å². The zero-order valence-electron chi connectivity index (χ0n) is 9.92. The van der Waals surface area contributed by atoms with Crippen LogP contribution in [-0.2, 0) is 6.54 Å². The molecule has 90 valence electrons. The smallest absolute Gasteiger partial charge is 0.269 e. The summed E-state index contributed by atoms with van der Waals surface area (Å²) in [6.07, 6.45) is 0. The van der Waals surface area contributed by atoms with Crippen molar-refractivity contribution >= 4 is 11.0 Å². The van der Waals surface area contributed by atoms with Gasteiger partial charge in [0.15, 0.2) is 0 Å². The Bertz CT molecular complexity index is 743. The molecule has 0 saturated carbocycles. The molecule has 5 heteroatoms. The highest BCUT2D eigenvalue weighted by Crippen LogP contribution is 2.09. The van der Waals surface area contributed by atoms with Crippen LogP contribution in [0.5, 0.6) is 0 Å². The van der Waals surface area contributed by atoms with Crippen molar-refractivity contribution in [3.05, 3.63) is 58.0 Å². The van der Waals surface area contributed by atoms with E-state index in [0.717, 1.165) is 16.8 Å². The predicted octanol–water partition coefficient (Wildman–Crippen LogP) is 1.48. The number of fused-ring (bicyclic) bond motifs is 1. The number of nitrogens with zero attached hydrogens (tertiary/aromatic N) is 3. The molecule has 0 radical (unpaired) electrons. The zero-order valence-corrected chi connectivity index (χ0v) is 9.92. The van der Waals surface area contributed by atoms with Crippen LogP contribution in [0, 0.1) is 6.92 Å². The summed E-state index contributed by atoms with van der Waals surface area (Å²) in [5.74, 6) is 0. The molecular weight excluding hydrogens is 228 g/mol. The third-order valence-corrected chi connectivity index (χ3v) is 2.86. The van der Waals surface area contributed by atoms with Crippen LogP contribution in [-0.4, -0.2) is 20.0 Å². The first-order chi connectivity index (χ1) is 8.74. The van der Waals surface area contributed by atoms with E-state index in [2.05, 4.69) is 15.3 Å². The van der Waals surface area contributed by atoms with E-state index < -0.39 is 0 Å². The van der Waals surface area contributed by atoms with Gasteiger partial charge in [0.1, 0.15) is 5.52 Å². The normalized spacial score (nSPS) is 10.9. The number of hydrogen-bond donors (Lipinski definition) is 1. The van der Waals surface area contributed by atoms with Gasteiger partial charge >= 0.3 is 0 Å². The Hall–Kier alpha value is -2.43. The molecule has 0 aliphatic heterocycles. The first kappa shape index (κ1) is 10.7. The summed E-state index contributed by atoms with van der Waals surface area (Å²) in [7, 11) is 0. The van der Waals surface area contributed by atoms with Crippen molar-refractivity contribution in [2.24, 2.45) is 0 Å². The SMILES string of the molecule is Cc1n[nH]c2cc(=O)n(Cc3ccccc3)nc12. The summed E-state index contributed by atoms with van der Waals surface area (Å²) in [6, 6.07) is 11.3. The van der Waals surface area contributed by atoms with Crippen LogP contribution in [0.2, 0.25) is 0 Å². The molecule has 3 aromatic rings. The fraction of sp³-hybridized carbons (Fsp3) is 0.154. The van der Waals surface area contributed by atoms with E-state index in [1.807, 2.05) is 37.3 Å². The second kappa shape index (κ2) is 4.10. The molecule has 0 aliphatic rings. The van der Waals surface area contributed by atoms with E-state index in [1.54, 1.807) is 0 Å². The lowest BCUT2D eigenvalue weighted by Crippen LogP contribution is -2.22. The summed E-state index contributed by atoms with van der Waals surface area (Å²) < 4.78 is 1.46. The van der Waals surface area contributed by atoms with Crippen molar-refractivity contribution in [3.63, 3.8) is 0 Å². The Morgan fingerprint density at radius 2 is 2.06 bits per heavy atom. The standard InChI is InChI=1S/C13H12N4O/c1-9-13-11(15-14-9)7-12(18)17(16-13)8-10-5-3-2-4-6-10/h2-7,15H,8H2,1H3. The molecule has 3 rings (SSSR count). The maximum Gasteiger partial charge on any atom is 0.269 e. The summed E-state index contributed by atoms with van der Waals surface area (Å²) in [6.45, 7) is 2.34. The summed E-state index contributed by atoms with van der Waals surface area (Å²) in [5, 5.41) is 11.2. The second-order valence-electron chi connectivity index (χ2n) is 4.20. The van der Waals surface area contributed by atoms with Crippen LogP contribution < -0.4 is 5.56 Å². The van der Waals surface area contributed by atoms with E-state index in [0.29, 0.717) is 12.1 Å². The quantitative estimate of drug-likeness (QED) is 0.737. The number of aromatic amines is 1. The highest BCUT2D eigenvalue weighted by atomic mass is 16.1. The van der Waals surface area contributed by atoms with Gasteiger partial charge in [-0.1, -0.05) is 30.3 Å². The van der Waals surface area contributed by atoms with Crippen LogP contribution in [0.25, 0.3) is 11.0 Å². The molecule has 0 saturated heterocycles. The largest absolute Gasteiger partial charge is 0.276 e. The van der Waals surface area contributed by atoms with E-state index >= 15 is 0 Å². The molecule has 2 heterocycles. The van der Waals surface area contributed by atoms with Gasteiger partial charge in [0, 0.05) is 6.07 Å². The number of hydrogen-bond acceptors (Lipinski definition) is 3. The minimum atomic E-state index is -0.130. The van der Waals surface area contributed by atoms with Crippen molar-refractivity contribution in [1.29, 1.82) is 0 Å². The molecule has 0 bridgehead atoms. The van der Waals surface area contributed by atoms with Crippen molar-refractivity contribution in [2.75, 3.05) is 0 Å². The van der Waals surface area contributed by atoms with Gasteiger partial charge < -0.3 is 0 Å². The number of aryl methyl sites for hydroxylation is 1. The monoisotopic (exact) mass is 240 g/mol. The number of benzene rings is 1. The molecule has 0 fully saturated rings. The molecule has 0 amide bonds. The fourth-order valence-electron chi connectivity index (χ4n) is 1.91. The molecule has 5 nitrogen and oxygen atoms in total. The summed E-state index contributed by atoms with van der Waals surface area (Å²) in [4.78, 5) is 11.9. The maximum absolute atomic E-state index is 11.9. The highest BCUT2D eigenvalue weighted by molar-refractivity contribution is 5.75. The topological polar surface area (TPSA) is 63.6 Å². The molecule has 0 spiro atoms. The Labute approximate surface area is 103 Å². The maximum atomic E-state index is 11.9. The number of nitrogens with one attached hydrogen (secondary N) is 1. The van der Waals surface area contributed by atoms with Gasteiger partial charge in [0.2, 0.25) is 0 Å². The average Bonchev–Trinajstić information content (AvgIpc) is 2.73. The molecule has 1 N–H and O–H groups in total. The average molecular weight is 240 g/mol. The summed E-state index contributed by atoms with van der Waals surface area (Å²) in [5.41, 5.74) is 3.14. The van der Waals surface area contributed by atoms with Crippen molar-refractivity contribution < 1.29 is 0 Å². The molecule has 0 atom stereocenters. The van der Waals surface area contributed by atoms with Crippen molar-refractivity contribution in [1.82, 2.24) is 20.0 Å². The van der Waals surface area contributed by atoms with E-state index in [1.165, 1.54) is 10.7 Å². The third kappa shape index (κ3) is 1.79. The first-order valence-corrected chi connectivity index (χ1v) is 5.71. The van der Waals surface area contributed by atoms with E-state index in [-0.39, 0.29) is 5.56 Å². The minimum Gasteiger partial charge on any atom is -0.276 e. The minimum absolute atomic E-state index is 0.130. The molecule has 2 aromatic heterocycles. The Kier molecular flexibility index (Phi) is 2.44. The number of H-pyrrole nitrogens is 1. The third-order valence-electron chi connectivity index (χ3n) is 2.86. The van der Waals surface area contributed by atoms with Gasteiger partial charge in [-0.25, -0.2) is 4.68 Å². The molecule has 1 aromatic carbocycles. The highest BCUT2D eigenvalue weighted by Gasteiger charge is 2.07. The van der Waals surface area contributed by atoms with Crippen molar-refractivity contribution in [2.45, 2.75) is 13.5 Å². The lowest BCUT2D eigenvalue weighted by molar-refractivity contribution is 0.653. The van der Waals surface area contributed by atoms with E-state index in [9.17, 15) is 4.79 Å². The number of aromatic nitrogens is 4. The van der Waals surface area contributed by atoms with Crippen LogP contribution in [0.1, 0.15) is 11.3 Å². The van der Waals surface area contributed by atoms with Crippen LogP contribution >= 0.6 is 0 Å². The lowest BCUT2D eigenvalue weighted by atomic mass is 10.2. The van der Waals surface area contributed by atoms with Gasteiger partial charge in [0.25, 0.3) is 5.56 Å². The molecule has 0 aliphatic carbocycles. The Morgan fingerprint density at radius 1 is 1.28 bits per heavy atom. The van der Waals surface area contributed by atoms with Crippen molar-refractivity contribution in [3.8, 4) is 0 Å². The van der Waals surface area contributed by atoms with Crippen LogP contribution in [0.3, 0.4) is 0 Å². The Morgan fingerprint density at radius 3 is 2.83 bits per heavy atom. The fourth-order valence-corrected chi connectivity index (χ4v) is 1.91. The zero-order chi connectivity index (χ0) is 12.5. The van der Waals surface area contributed by atoms with E-state index in [4.69, 9.17) is 0 Å². The molecular formula is C13H12N4O.